The summed E-state index contributed by atoms with van der Waals surface area (Å²) < 4.78 is 11.4. The molecule has 0 saturated carbocycles. The summed E-state index contributed by atoms with van der Waals surface area (Å²) >= 11 is 5.88. The van der Waals surface area contributed by atoms with Crippen molar-refractivity contribution in [2.75, 3.05) is 11.9 Å². The van der Waals surface area contributed by atoms with E-state index in [0.717, 1.165) is 11.3 Å². The molecule has 2 aromatic carbocycles. The Labute approximate surface area is 146 Å². The van der Waals surface area contributed by atoms with E-state index < -0.39 is 6.29 Å². The van der Waals surface area contributed by atoms with Crippen molar-refractivity contribution in [3.63, 3.8) is 0 Å². The number of nitrogens with one attached hydrogen (secondary N) is 1. The molecule has 1 heterocycles. The summed E-state index contributed by atoms with van der Waals surface area (Å²) in [5.74, 6) is 0.451. The first-order valence-corrected chi connectivity index (χ1v) is 8.12. The summed E-state index contributed by atoms with van der Waals surface area (Å²) in [6.45, 7) is 4.25. The molecule has 124 valence electrons. The van der Waals surface area contributed by atoms with Gasteiger partial charge in [0.1, 0.15) is 5.75 Å². The fraction of sp³-hybridized carbons (Fsp3) is 0.211. The van der Waals surface area contributed by atoms with Gasteiger partial charge in [0.05, 0.1) is 11.1 Å². The van der Waals surface area contributed by atoms with Gasteiger partial charge in [-0.3, -0.25) is 4.79 Å². The maximum Gasteiger partial charge on any atom is 0.232 e. The van der Waals surface area contributed by atoms with Crippen LogP contribution in [0.2, 0.25) is 5.02 Å². The number of ether oxygens (including phenoxy) is 2. The minimum Gasteiger partial charge on any atom is -0.460 e. The summed E-state index contributed by atoms with van der Waals surface area (Å²) in [5.41, 5.74) is 2.82. The number of anilines is 1. The van der Waals surface area contributed by atoms with Crippen molar-refractivity contribution in [3.8, 4) is 5.75 Å². The highest BCUT2D eigenvalue weighted by Crippen LogP contribution is 2.32. The van der Waals surface area contributed by atoms with Crippen LogP contribution in [0.4, 0.5) is 5.69 Å². The monoisotopic (exact) mass is 343 g/mol. The van der Waals surface area contributed by atoms with Gasteiger partial charge in [-0.1, -0.05) is 23.2 Å². The molecule has 1 atom stereocenters. The Kier molecular flexibility index (Phi) is 4.88. The van der Waals surface area contributed by atoms with Gasteiger partial charge in [-0.15, -0.1) is 0 Å². The first-order chi connectivity index (χ1) is 11.6. The van der Waals surface area contributed by atoms with Gasteiger partial charge in [-0.05, 0) is 50.2 Å². The van der Waals surface area contributed by atoms with E-state index in [1.165, 1.54) is 0 Å². The normalized spacial score (nSPS) is 18.2. The third-order valence-electron chi connectivity index (χ3n) is 3.69. The summed E-state index contributed by atoms with van der Waals surface area (Å²) in [7, 11) is 0. The lowest BCUT2D eigenvalue weighted by Gasteiger charge is -2.27. The van der Waals surface area contributed by atoms with Gasteiger partial charge in [-0.25, -0.2) is 0 Å². The molecule has 0 spiro atoms. The van der Waals surface area contributed by atoms with E-state index in [1.807, 2.05) is 38.1 Å². The van der Waals surface area contributed by atoms with Gasteiger partial charge in [0.25, 0.3) is 0 Å². The van der Waals surface area contributed by atoms with Crippen molar-refractivity contribution < 1.29 is 14.3 Å². The zero-order valence-electron chi connectivity index (χ0n) is 13.5. The largest absolute Gasteiger partial charge is 0.460 e. The quantitative estimate of drug-likeness (QED) is 0.825. The Bertz CT molecular complexity index is 784. The number of hydrogen-bond acceptors (Lipinski definition) is 4. The number of ketones is 1. The van der Waals surface area contributed by atoms with Gasteiger partial charge in [0, 0.05) is 23.5 Å². The maximum absolute atomic E-state index is 12.8. The second kappa shape index (κ2) is 7.07. The average molecular weight is 344 g/mol. The molecule has 0 saturated heterocycles. The van der Waals surface area contributed by atoms with E-state index in [2.05, 4.69) is 5.32 Å². The molecular formula is C19H18ClNO3. The number of rotatable bonds is 4. The molecule has 0 aromatic heterocycles. The third kappa shape index (κ3) is 3.45. The minimum absolute atomic E-state index is 0.0973. The van der Waals surface area contributed by atoms with Crippen LogP contribution in [0.5, 0.6) is 5.75 Å². The van der Waals surface area contributed by atoms with Crippen LogP contribution in [0.15, 0.2) is 54.2 Å². The molecule has 5 heteroatoms. The molecule has 0 aliphatic carbocycles. The summed E-state index contributed by atoms with van der Waals surface area (Å²) in [6, 6.07) is 12.8. The van der Waals surface area contributed by atoms with Crippen molar-refractivity contribution >= 4 is 23.1 Å². The Morgan fingerprint density at radius 1 is 1.25 bits per heavy atom. The number of halogens is 1. The van der Waals surface area contributed by atoms with Crippen molar-refractivity contribution in [1.82, 2.24) is 0 Å². The standard InChI is InChI=1S/C19H18ClNO3/c1-3-23-19-16(11-21-14-7-5-13(20)6-8-14)18(22)15-10-12(2)4-9-17(15)24-19/h4-11,19,21H,3H2,1-2H3/b16-11-/t19-/m0/s1. The van der Waals surface area contributed by atoms with Crippen LogP contribution in [0.1, 0.15) is 22.8 Å². The van der Waals surface area contributed by atoms with Gasteiger partial charge in [-0.2, -0.15) is 0 Å². The molecule has 4 nitrogen and oxygen atoms in total. The Morgan fingerprint density at radius 3 is 2.71 bits per heavy atom. The highest BCUT2D eigenvalue weighted by atomic mass is 35.5. The van der Waals surface area contributed by atoms with Crippen molar-refractivity contribution in [3.05, 3.63) is 70.4 Å². The summed E-state index contributed by atoms with van der Waals surface area (Å²) in [6.07, 6.45) is 0.912. The molecule has 0 bridgehead atoms. The highest BCUT2D eigenvalue weighted by Gasteiger charge is 2.32. The first-order valence-electron chi connectivity index (χ1n) is 7.74. The second-order valence-electron chi connectivity index (χ2n) is 5.48. The lowest BCUT2D eigenvalue weighted by Crippen LogP contribution is -2.33. The molecule has 3 rings (SSSR count). The van der Waals surface area contributed by atoms with E-state index >= 15 is 0 Å². The SMILES string of the molecule is CCO[C@H]1Oc2ccc(C)cc2C(=O)/C1=C/Nc1ccc(Cl)cc1. The van der Waals surface area contributed by atoms with Gasteiger partial charge in [0.15, 0.2) is 5.78 Å². The maximum atomic E-state index is 12.8. The van der Waals surface area contributed by atoms with E-state index in [1.54, 1.807) is 24.4 Å². The Hall–Kier alpha value is -2.30. The number of carbonyl (C=O) groups excluding carboxylic acids is 1. The van der Waals surface area contributed by atoms with Crippen LogP contribution in [0, 0.1) is 6.92 Å². The predicted octanol–water partition coefficient (Wildman–Crippen LogP) is 4.58. The molecule has 24 heavy (non-hydrogen) atoms. The fourth-order valence-electron chi connectivity index (χ4n) is 2.48. The fourth-order valence-corrected chi connectivity index (χ4v) is 2.61. The number of Topliss-reactive ketones (excluding diaryl/α,β-unsaturated/α-hetero) is 1. The number of carbonyl (C=O) groups is 1. The molecule has 0 radical (unpaired) electrons. The lowest BCUT2D eigenvalue weighted by molar-refractivity contribution is -0.0509. The first kappa shape index (κ1) is 16.6. The van der Waals surface area contributed by atoms with Crippen LogP contribution >= 0.6 is 11.6 Å². The predicted molar refractivity (Wildman–Crippen MR) is 94.7 cm³/mol. The number of benzene rings is 2. The van der Waals surface area contributed by atoms with E-state index in [0.29, 0.717) is 28.5 Å². The number of fused-ring (bicyclic) bond motifs is 1. The average Bonchev–Trinajstić information content (AvgIpc) is 2.57. The summed E-state index contributed by atoms with van der Waals surface area (Å²) in [5, 5.41) is 3.76. The van der Waals surface area contributed by atoms with Gasteiger partial charge < -0.3 is 14.8 Å². The zero-order valence-corrected chi connectivity index (χ0v) is 14.3. The van der Waals surface area contributed by atoms with Gasteiger partial charge >= 0.3 is 0 Å². The second-order valence-corrected chi connectivity index (χ2v) is 5.92. The Morgan fingerprint density at radius 2 is 2.00 bits per heavy atom. The van der Waals surface area contributed by atoms with Crippen molar-refractivity contribution in [2.45, 2.75) is 20.1 Å². The number of hydrogen-bond donors (Lipinski definition) is 1. The lowest BCUT2D eigenvalue weighted by atomic mass is 9.98. The molecule has 0 amide bonds. The number of aryl methyl sites for hydroxylation is 1. The van der Waals surface area contributed by atoms with Gasteiger partial charge in [0.2, 0.25) is 6.29 Å². The molecule has 1 aliphatic rings. The van der Waals surface area contributed by atoms with E-state index in [-0.39, 0.29) is 5.78 Å². The van der Waals surface area contributed by atoms with E-state index in [9.17, 15) is 4.79 Å². The van der Waals surface area contributed by atoms with Crippen molar-refractivity contribution in [2.24, 2.45) is 0 Å². The van der Waals surface area contributed by atoms with Crippen LogP contribution in [0.3, 0.4) is 0 Å². The molecule has 1 aliphatic heterocycles. The molecule has 0 unspecified atom stereocenters. The minimum atomic E-state index is -0.725. The molecule has 1 N–H and O–H groups in total. The highest BCUT2D eigenvalue weighted by molar-refractivity contribution is 6.30. The zero-order chi connectivity index (χ0) is 17.1. The molecule has 2 aromatic rings. The van der Waals surface area contributed by atoms with E-state index in [4.69, 9.17) is 21.1 Å². The third-order valence-corrected chi connectivity index (χ3v) is 3.94. The van der Waals surface area contributed by atoms with Crippen LogP contribution < -0.4 is 10.1 Å². The Balaban J connectivity index is 1.92. The molecular weight excluding hydrogens is 326 g/mol. The molecule has 0 fully saturated rings. The topological polar surface area (TPSA) is 47.6 Å². The summed E-state index contributed by atoms with van der Waals surface area (Å²) in [4.78, 5) is 12.8. The smallest absolute Gasteiger partial charge is 0.232 e. The van der Waals surface area contributed by atoms with Crippen LogP contribution in [-0.2, 0) is 4.74 Å². The van der Waals surface area contributed by atoms with Crippen LogP contribution in [-0.4, -0.2) is 18.7 Å². The van der Waals surface area contributed by atoms with Crippen LogP contribution in [0.25, 0.3) is 0 Å². The van der Waals surface area contributed by atoms with Crippen molar-refractivity contribution in [1.29, 1.82) is 0 Å².